The van der Waals surface area contributed by atoms with Gasteiger partial charge in [0, 0.05) is 51.7 Å². The van der Waals surface area contributed by atoms with E-state index in [2.05, 4.69) is 44.0 Å². The highest BCUT2D eigenvalue weighted by Crippen LogP contribution is 2.13. The minimum absolute atomic E-state index is 0.604. The fourth-order valence-corrected chi connectivity index (χ4v) is 2.67. The molecule has 1 aromatic carbocycles. The van der Waals surface area contributed by atoms with Crippen molar-refractivity contribution < 1.29 is 0 Å². The number of benzene rings is 1. The summed E-state index contributed by atoms with van der Waals surface area (Å²) in [6.45, 7) is 5.60. The summed E-state index contributed by atoms with van der Waals surface area (Å²) in [5.74, 6) is 0.835. The Balaban J connectivity index is 1.56. The molecule has 0 aliphatic carbocycles. The molecule has 2 heterocycles. The molecule has 110 valence electrons. The SMILES string of the molecule is NCc1cccc(CN2CCN(c3ncccn3)CC2)c1. The second-order valence-electron chi connectivity index (χ2n) is 5.34. The Morgan fingerprint density at radius 3 is 2.38 bits per heavy atom. The molecular weight excluding hydrogens is 262 g/mol. The van der Waals surface area contributed by atoms with Gasteiger partial charge < -0.3 is 10.6 Å². The van der Waals surface area contributed by atoms with Crippen LogP contribution in [0.25, 0.3) is 0 Å². The summed E-state index contributed by atoms with van der Waals surface area (Å²) in [7, 11) is 0. The number of piperazine rings is 1. The highest BCUT2D eigenvalue weighted by molar-refractivity contribution is 5.29. The van der Waals surface area contributed by atoms with Gasteiger partial charge in [0.2, 0.25) is 5.95 Å². The normalized spacial score (nSPS) is 16.1. The summed E-state index contributed by atoms with van der Waals surface area (Å²) < 4.78 is 0. The maximum absolute atomic E-state index is 5.70. The zero-order chi connectivity index (χ0) is 14.5. The van der Waals surface area contributed by atoms with Crippen molar-refractivity contribution in [3.63, 3.8) is 0 Å². The van der Waals surface area contributed by atoms with Gasteiger partial charge in [0.05, 0.1) is 0 Å². The number of aromatic nitrogens is 2. The van der Waals surface area contributed by atoms with Crippen LogP contribution in [0.1, 0.15) is 11.1 Å². The molecule has 0 unspecified atom stereocenters. The Morgan fingerprint density at radius 2 is 1.67 bits per heavy atom. The van der Waals surface area contributed by atoms with E-state index in [1.54, 1.807) is 12.4 Å². The monoisotopic (exact) mass is 283 g/mol. The summed E-state index contributed by atoms with van der Waals surface area (Å²) in [5.41, 5.74) is 8.23. The molecule has 1 aliphatic rings. The molecule has 0 radical (unpaired) electrons. The van der Waals surface area contributed by atoms with Crippen LogP contribution < -0.4 is 10.6 Å². The van der Waals surface area contributed by atoms with E-state index >= 15 is 0 Å². The van der Waals surface area contributed by atoms with Crippen LogP contribution in [0.15, 0.2) is 42.7 Å². The molecule has 1 fully saturated rings. The smallest absolute Gasteiger partial charge is 0.225 e. The van der Waals surface area contributed by atoms with Crippen LogP contribution in [0.5, 0.6) is 0 Å². The van der Waals surface area contributed by atoms with Crippen molar-refractivity contribution in [2.24, 2.45) is 5.73 Å². The van der Waals surface area contributed by atoms with E-state index in [1.165, 1.54) is 11.1 Å². The Bertz CT molecular complexity index is 564. The first-order valence-corrected chi connectivity index (χ1v) is 7.37. The van der Waals surface area contributed by atoms with Crippen LogP contribution in [0, 0.1) is 0 Å². The fraction of sp³-hybridized carbons (Fsp3) is 0.375. The summed E-state index contributed by atoms with van der Waals surface area (Å²) in [6, 6.07) is 10.4. The molecule has 5 heteroatoms. The van der Waals surface area contributed by atoms with Gasteiger partial charge in [0.15, 0.2) is 0 Å². The van der Waals surface area contributed by atoms with Crippen molar-refractivity contribution in [1.82, 2.24) is 14.9 Å². The quantitative estimate of drug-likeness (QED) is 0.915. The maximum Gasteiger partial charge on any atom is 0.225 e. The van der Waals surface area contributed by atoms with Crippen LogP contribution >= 0.6 is 0 Å². The Kier molecular flexibility index (Phi) is 4.43. The van der Waals surface area contributed by atoms with Crippen molar-refractivity contribution in [2.75, 3.05) is 31.1 Å². The fourth-order valence-electron chi connectivity index (χ4n) is 2.67. The van der Waals surface area contributed by atoms with Crippen LogP contribution in [0.3, 0.4) is 0 Å². The van der Waals surface area contributed by atoms with Gasteiger partial charge in [-0.2, -0.15) is 0 Å². The molecule has 0 amide bonds. The number of anilines is 1. The van der Waals surface area contributed by atoms with Gasteiger partial charge in [-0.1, -0.05) is 24.3 Å². The molecule has 21 heavy (non-hydrogen) atoms. The molecule has 0 spiro atoms. The van der Waals surface area contributed by atoms with Gasteiger partial charge in [-0.3, -0.25) is 4.90 Å². The van der Waals surface area contributed by atoms with Gasteiger partial charge in [-0.05, 0) is 17.2 Å². The molecular formula is C16H21N5. The number of nitrogens with zero attached hydrogens (tertiary/aromatic N) is 4. The Hall–Kier alpha value is -1.98. The average Bonchev–Trinajstić information content (AvgIpc) is 2.56. The van der Waals surface area contributed by atoms with Gasteiger partial charge in [0.1, 0.15) is 0 Å². The molecule has 1 aromatic heterocycles. The first kappa shape index (κ1) is 14.0. The van der Waals surface area contributed by atoms with E-state index in [1.807, 2.05) is 6.07 Å². The number of rotatable bonds is 4. The molecule has 1 saturated heterocycles. The van der Waals surface area contributed by atoms with Gasteiger partial charge in [-0.25, -0.2) is 9.97 Å². The van der Waals surface area contributed by atoms with E-state index in [0.717, 1.165) is 38.7 Å². The second-order valence-corrected chi connectivity index (χ2v) is 5.34. The van der Waals surface area contributed by atoms with Crippen LogP contribution in [0.2, 0.25) is 0 Å². The molecule has 1 aliphatic heterocycles. The minimum atomic E-state index is 0.604. The minimum Gasteiger partial charge on any atom is -0.338 e. The van der Waals surface area contributed by atoms with E-state index in [-0.39, 0.29) is 0 Å². The molecule has 0 atom stereocenters. The third-order valence-corrected chi connectivity index (χ3v) is 3.84. The highest BCUT2D eigenvalue weighted by Gasteiger charge is 2.18. The lowest BCUT2D eigenvalue weighted by atomic mass is 10.1. The number of nitrogens with two attached hydrogens (primary N) is 1. The summed E-state index contributed by atoms with van der Waals surface area (Å²) in [5, 5.41) is 0. The summed E-state index contributed by atoms with van der Waals surface area (Å²) in [6.07, 6.45) is 3.60. The zero-order valence-electron chi connectivity index (χ0n) is 12.2. The van der Waals surface area contributed by atoms with Crippen LogP contribution in [0.4, 0.5) is 5.95 Å². The third kappa shape index (κ3) is 3.56. The number of hydrogen-bond donors (Lipinski definition) is 1. The number of hydrogen-bond acceptors (Lipinski definition) is 5. The first-order valence-electron chi connectivity index (χ1n) is 7.37. The zero-order valence-corrected chi connectivity index (χ0v) is 12.2. The standard InChI is InChI=1S/C16H21N5/c17-12-14-3-1-4-15(11-14)13-20-7-9-21(10-8-20)16-18-5-2-6-19-16/h1-6,11H,7-10,12-13,17H2. The second kappa shape index (κ2) is 6.65. The molecule has 0 bridgehead atoms. The lowest BCUT2D eigenvalue weighted by Crippen LogP contribution is -2.46. The van der Waals surface area contributed by atoms with E-state index in [4.69, 9.17) is 5.73 Å². The summed E-state index contributed by atoms with van der Waals surface area (Å²) in [4.78, 5) is 13.3. The molecule has 2 aromatic rings. The molecule has 5 nitrogen and oxygen atoms in total. The molecule has 0 saturated carbocycles. The predicted molar refractivity (Wildman–Crippen MR) is 83.9 cm³/mol. The maximum atomic E-state index is 5.70. The van der Waals surface area contributed by atoms with Crippen molar-refractivity contribution >= 4 is 5.95 Å². The lowest BCUT2D eigenvalue weighted by molar-refractivity contribution is 0.248. The van der Waals surface area contributed by atoms with E-state index in [9.17, 15) is 0 Å². The van der Waals surface area contributed by atoms with Crippen LogP contribution in [-0.4, -0.2) is 41.0 Å². The Morgan fingerprint density at radius 1 is 0.952 bits per heavy atom. The third-order valence-electron chi connectivity index (χ3n) is 3.84. The van der Waals surface area contributed by atoms with Crippen molar-refractivity contribution in [3.8, 4) is 0 Å². The van der Waals surface area contributed by atoms with Crippen molar-refractivity contribution in [2.45, 2.75) is 13.1 Å². The van der Waals surface area contributed by atoms with E-state index in [0.29, 0.717) is 6.54 Å². The summed E-state index contributed by atoms with van der Waals surface area (Å²) >= 11 is 0. The van der Waals surface area contributed by atoms with Gasteiger partial charge in [0.25, 0.3) is 0 Å². The average molecular weight is 283 g/mol. The predicted octanol–water partition coefficient (Wildman–Crippen LogP) is 1.26. The van der Waals surface area contributed by atoms with Gasteiger partial charge in [-0.15, -0.1) is 0 Å². The van der Waals surface area contributed by atoms with Crippen molar-refractivity contribution in [3.05, 3.63) is 53.9 Å². The first-order chi connectivity index (χ1) is 10.3. The molecule has 2 N–H and O–H groups in total. The van der Waals surface area contributed by atoms with Crippen molar-refractivity contribution in [1.29, 1.82) is 0 Å². The largest absolute Gasteiger partial charge is 0.338 e. The molecule has 3 rings (SSSR count). The topological polar surface area (TPSA) is 58.3 Å². The highest BCUT2D eigenvalue weighted by atomic mass is 15.3. The Labute approximate surface area is 125 Å². The lowest BCUT2D eigenvalue weighted by Gasteiger charge is -2.34. The van der Waals surface area contributed by atoms with Gasteiger partial charge >= 0.3 is 0 Å². The van der Waals surface area contributed by atoms with E-state index < -0.39 is 0 Å². The van der Waals surface area contributed by atoms with Crippen LogP contribution in [-0.2, 0) is 13.1 Å².